The monoisotopic (exact) mass is 294 g/mol. The number of hydrogen-bond acceptors (Lipinski definition) is 3. The van der Waals surface area contributed by atoms with Gasteiger partial charge in [0.2, 0.25) is 0 Å². The number of rotatable bonds is 2. The van der Waals surface area contributed by atoms with Crippen molar-refractivity contribution in [3.8, 4) is 0 Å². The highest BCUT2D eigenvalue weighted by Gasteiger charge is 2.18. The van der Waals surface area contributed by atoms with E-state index in [1.165, 1.54) is 16.0 Å². The smallest absolute Gasteiger partial charge is 0.115 e. The minimum absolute atomic E-state index is 0.586. The van der Waals surface area contributed by atoms with Gasteiger partial charge in [-0.1, -0.05) is 29.8 Å². The Morgan fingerprint density at radius 3 is 2.78 bits per heavy atom. The average Bonchev–Trinajstić information content (AvgIpc) is 2.93. The molecule has 0 saturated carbocycles. The van der Waals surface area contributed by atoms with Gasteiger partial charge in [-0.05, 0) is 35.4 Å². The number of thiophene rings is 2. The van der Waals surface area contributed by atoms with Crippen molar-refractivity contribution in [2.24, 2.45) is 0 Å². The highest BCUT2D eigenvalue weighted by molar-refractivity contribution is 7.17. The van der Waals surface area contributed by atoms with Gasteiger partial charge < -0.3 is 5.11 Å². The van der Waals surface area contributed by atoms with E-state index < -0.39 is 6.10 Å². The van der Waals surface area contributed by atoms with E-state index in [-0.39, 0.29) is 0 Å². The number of halogens is 1. The molecule has 92 valence electrons. The summed E-state index contributed by atoms with van der Waals surface area (Å²) in [5.41, 5.74) is 1.99. The molecule has 2 aromatic heterocycles. The first-order valence-corrected chi connectivity index (χ1v) is 7.64. The van der Waals surface area contributed by atoms with Gasteiger partial charge in [0.15, 0.2) is 0 Å². The topological polar surface area (TPSA) is 20.2 Å². The fraction of sp³-hybridized carbons (Fsp3) is 0.143. The molecule has 4 heteroatoms. The first-order chi connectivity index (χ1) is 8.66. The predicted molar refractivity (Wildman–Crippen MR) is 80.0 cm³/mol. The van der Waals surface area contributed by atoms with Gasteiger partial charge in [0, 0.05) is 15.1 Å². The fourth-order valence-electron chi connectivity index (χ4n) is 1.98. The Balaban J connectivity index is 2.09. The van der Waals surface area contributed by atoms with Crippen LogP contribution in [0.4, 0.5) is 0 Å². The van der Waals surface area contributed by atoms with Crippen LogP contribution in [0.2, 0.25) is 4.34 Å². The van der Waals surface area contributed by atoms with Crippen LogP contribution >= 0.6 is 34.3 Å². The third-order valence-electron chi connectivity index (χ3n) is 2.95. The minimum atomic E-state index is -0.586. The van der Waals surface area contributed by atoms with Crippen molar-refractivity contribution >= 4 is 44.4 Å². The standard InChI is InChI=1S/C14H11ClOS2/c1-8-6-12(18-14(8)15)13(16)10-7-17-11-5-3-2-4-9(10)11/h2-7,13,16H,1H3. The summed E-state index contributed by atoms with van der Waals surface area (Å²) in [5, 5.41) is 13.6. The molecule has 3 rings (SSSR count). The Morgan fingerprint density at radius 2 is 2.06 bits per heavy atom. The lowest BCUT2D eigenvalue weighted by Crippen LogP contribution is -1.95. The van der Waals surface area contributed by atoms with Crippen molar-refractivity contribution in [3.05, 3.63) is 56.1 Å². The molecule has 0 aliphatic heterocycles. The zero-order valence-corrected chi connectivity index (χ0v) is 12.1. The zero-order valence-electron chi connectivity index (χ0n) is 9.68. The second kappa shape index (κ2) is 4.67. The lowest BCUT2D eigenvalue weighted by Gasteiger charge is -2.07. The van der Waals surface area contributed by atoms with E-state index in [0.29, 0.717) is 0 Å². The van der Waals surface area contributed by atoms with Crippen LogP contribution in [0.3, 0.4) is 0 Å². The number of aryl methyl sites for hydroxylation is 1. The molecule has 0 radical (unpaired) electrons. The summed E-state index contributed by atoms with van der Waals surface area (Å²) in [6, 6.07) is 10.1. The van der Waals surface area contributed by atoms with Crippen molar-refractivity contribution in [1.82, 2.24) is 0 Å². The van der Waals surface area contributed by atoms with E-state index in [9.17, 15) is 5.11 Å². The van der Waals surface area contributed by atoms with Gasteiger partial charge in [-0.25, -0.2) is 0 Å². The minimum Gasteiger partial charge on any atom is -0.383 e. The highest BCUT2D eigenvalue weighted by Crippen LogP contribution is 2.38. The molecule has 1 atom stereocenters. The van der Waals surface area contributed by atoms with Crippen LogP contribution in [0.5, 0.6) is 0 Å². The number of benzene rings is 1. The Kier molecular flexibility index (Phi) is 3.16. The normalized spacial score (nSPS) is 13.1. The first-order valence-electron chi connectivity index (χ1n) is 5.57. The van der Waals surface area contributed by atoms with E-state index in [1.807, 2.05) is 36.6 Å². The molecule has 0 aliphatic rings. The van der Waals surface area contributed by atoms with Gasteiger partial charge in [-0.2, -0.15) is 0 Å². The van der Waals surface area contributed by atoms with Gasteiger partial charge in [-0.15, -0.1) is 22.7 Å². The molecule has 0 aliphatic carbocycles. The van der Waals surface area contributed by atoms with Crippen molar-refractivity contribution in [2.75, 3.05) is 0 Å². The summed E-state index contributed by atoms with van der Waals surface area (Å²) in [6.07, 6.45) is -0.586. The lowest BCUT2D eigenvalue weighted by molar-refractivity contribution is 0.226. The van der Waals surface area contributed by atoms with Crippen molar-refractivity contribution < 1.29 is 5.11 Å². The lowest BCUT2D eigenvalue weighted by atomic mass is 10.1. The summed E-state index contributed by atoms with van der Waals surface area (Å²) in [7, 11) is 0. The second-order valence-electron chi connectivity index (χ2n) is 4.20. The van der Waals surface area contributed by atoms with Crippen LogP contribution in [0, 0.1) is 6.92 Å². The zero-order chi connectivity index (χ0) is 12.7. The molecule has 1 aromatic carbocycles. The maximum Gasteiger partial charge on any atom is 0.115 e. The van der Waals surface area contributed by atoms with Crippen LogP contribution < -0.4 is 0 Å². The summed E-state index contributed by atoms with van der Waals surface area (Å²) in [4.78, 5) is 0.904. The Labute approximate surface area is 118 Å². The van der Waals surface area contributed by atoms with Crippen molar-refractivity contribution in [1.29, 1.82) is 0 Å². The van der Waals surface area contributed by atoms with Crippen LogP contribution in [-0.4, -0.2) is 5.11 Å². The fourth-order valence-corrected chi connectivity index (χ4v) is 4.18. The molecule has 3 aromatic rings. The summed E-state index contributed by atoms with van der Waals surface area (Å²) < 4.78 is 1.95. The maximum atomic E-state index is 10.5. The molecule has 1 nitrogen and oxygen atoms in total. The number of aliphatic hydroxyl groups is 1. The van der Waals surface area contributed by atoms with E-state index in [0.717, 1.165) is 25.7 Å². The first kappa shape index (κ1) is 12.2. The van der Waals surface area contributed by atoms with E-state index in [1.54, 1.807) is 11.3 Å². The summed E-state index contributed by atoms with van der Waals surface area (Å²) >= 11 is 9.17. The Hall–Kier alpha value is -0.870. The van der Waals surface area contributed by atoms with Crippen molar-refractivity contribution in [2.45, 2.75) is 13.0 Å². The SMILES string of the molecule is Cc1cc(C(O)c2csc3ccccc23)sc1Cl. The van der Waals surface area contributed by atoms with Gasteiger partial charge in [0.25, 0.3) is 0 Å². The number of aliphatic hydroxyl groups excluding tert-OH is 1. The van der Waals surface area contributed by atoms with Crippen LogP contribution in [0.15, 0.2) is 35.7 Å². The summed E-state index contributed by atoms with van der Waals surface area (Å²) in [6.45, 7) is 1.96. The highest BCUT2D eigenvalue weighted by atomic mass is 35.5. The van der Waals surface area contributed by atoms with Crippen LogP contribution in [0.1, 0.15) is 22.1 Å². The van der Waals surface area contributed by atoms with E-state index in [2.05, 4.69) is 6.07 Å². The molecule has 0 spiro atoms. The number of hydrogen-bond donors (Lipinski definition) is 1. The largest absolute Gasteiger partial charge is 0.383 e. The third kappa shape index (κ3) is 1.97. The van der Waals surface area contributed by atoms with E-state index in [4.69, 9.17) is 11.6 Å². The molecule has 1 unspecified atom stereocenters. The molecular formula is C14H11ClOS2. The van der Waals surface area contributed by atoms with Gasteiger partial charge >= 0.3 is 0 Å². The number of fused-ring (bicyclic) bond motifs is 1. The molecular weight excluding hydrogens is 284 g/mol. The van der Waals surface area contributed by atoms with Gasteiger partial charge in [0.1, 0.15) is 6.10 Å². The maximum absolute atomic E-state index is 10.5. The summed E-state index contributed by atoms with van der Waals surface area (Å²) in [5.74, 6) is 0. The quantitative estimate of drug-likeness (QED) is 0.704. The van der Waals surface area contributed by atoms with Crippen LogP contribution in [-0.2, 0) is 0 Å². The Morgan fingerprint density at radius 1 is 1.28 bits per heavy atom. The molecule has 0 bridgehead atoms. The van der Waals surface area contributed by atoms with E-state index >= 15 is 0 Å². The Bertz CT molecular complexity index is 679. The second-order valence-corrected chi connectivity index (χ2v) is 6.79. The molecule has 18 heavy (non-hydrogen) atoms. The molecule has 1 N–H and O–H groups in total. The molecule has 0 amide bonds. The third-order valence-corrected chi connectivity index (χ3v) is 5.54. The molecule has 0 saturated heterocycles. The average molecular weight is 295 g/mol. The predicted octanol–water partition coefficient (Wildman–Crippen LogP) is 5.01. The van der Waals surface area contributed by atoms with Crippen molar-refractivity contribution in [3.63, 3.8) is 0 Å². The van der Waals surface area contributed by atoms with Crippen LogP contribution in [0.25, 0.3) is 10.1 Å². The molecule has 0 fully saturated rings. The van der Waals surface area contributed by atoms with Gasteiger partial charge in [0.05, 0.1) is 4.34 Å². The van der Waals surface area contributed by atoms with Gasteiger partial charge in [-0.3, -0.25) is 0 Å². The molecule has 2 heterocycles.